The second kappa shape index (κ2) is 7.27. The van der Waals surface area contributed by atoms with Crippen LogP contribution in [0.2, 0.25) is 5.02 Å². The summed E-state index contributed by atoms with van der Waals surface area (Å²) in [5, 5.41) is 6.21. The third kappa shape index (κ3) is 3.46. The van der Waals surface area contributed by atoms with Crippen LogP contribution >= 0.6 is 11.6 Å². The predicted molar refractivity (Wildman–Crippen MR) is 93.3 cm³/mol. The highest BCUT2D eigenvalue weighted by molar-refractivity contribution is 6.33. The van der Waals surface area contributed by atoms with Gasteiger partial charge < -0.3 is 4.74 Å². The first kappa shape index (κ1) is 16.2. The molecule has 1 aromatic carbocycles. The molecule has 0 saturated heterocycles. The third-order valence-electron chi connectivity index (χ3n) is 3.67. The van der Waals surface area contributed by atoms with Crippen molar-refractivity contribution in [3.8, 4) is 16.9 Å². The quantitative estimate of drug-likeness (QED) is 0.769. The van der Waals surface area contributed by atoms with Gasteiger partial charge in [-0.3, -0.25) is 9.78 Å². The molecule has 2 aromatic heterocycles. The van der Waals surface area contributed by atoms with Crippen LogP contribution in [0, 0.1) is 0 Å². The second-order valence-electron chi connectivity index (χ2n) is 5.20. The van der Waals surface area contributed by atoms with E-state index < -0.39 is 5.56 Å². The second-order valence-corrected chi connectivity index (χ2v) is 5.58. The van der Waals surface area contributed by atoms with E-state index in [-0.39, 0.29) is 5.02 Å². The molecule has 0 atom stereocenters. The van der Waals surface area contributed by atoms with Crippen LogP contribution in [0.15, 0.2) is 53.6 Å². The number of benzene rings is 1. The van der Waals surface area contributed by atoms with Crippen LogP contribution in [0.3, 0.4) is 0 Å². The fraction of sp³-hybridized carbons (Fsp3) is 0.167. The lowest BCUT2D eigenvalue weighted by atomic mass is 10.1. The minimum Gasteiger partial charge on any atom is -0.489 e. The number of hydrogen-bond donors (Lipinski definition) is 1. The predicted octanol–water partition coefficient (Wildman–Crippen LogP) is 3.63. The molecule has 0 aliphatic heterocycles. The van der Waals surface area contributed by atoms with E-state index in [4.69, 9.17) is 16.3 Å². The maximum atomic E-state index is 11.5. The summed E-state index contributed by atoms with van der Waals surface area (Å²) < 4.78 is 5.82. The molecule has 1 N–H and O–H groups in total. The Morgan fingerprint density at radius 2 is 2.00 bits per heavy atom. The van der Waals surface area contributed by atoms with Gasteiger partial charge in [0.1, 0.15) is 17.4 Å². The van der Waals surface area contributed by atoms with E-state index in [2.05, 4.69) is 22.1 Å². The van der Waals surface area contributed by atoms with Gasteiger partial charge in [0.2, 0.25) is 0 Å². The number of hydrogen-bond acceptors (Lipinski definition) is 4. The molecule has 0 radical (unpaired) electrons. The molecule has 0 aliphatic rings. The van der Waals surface area contributed by atoms with Gasteiger partial charge in [-0.1, -0.05) is 36.7 Å². The zero-order chi connectivity index (χ0) is 16.9. The Bertz CT molecular complexity index is 891. The third-order valence-corrected chi connectivity index (χ3v) is 4.05. The maximum Gasteiger partial charge on any atom is 0.283 e. The van der Waals surface area contributed by atoms with Crippen molar-refractivity contribution in [3.05, 3.63) is 75.4 Å². The summed E-state index contributed by atoms with van der Waals surface area (Å²) in [6.07, 6.45) is 4.19. The highest BCUT2D eigenvalue weighted by Crippen LogP contribution is 2.26. The van der Waals surface area contributed by atoms with Crippen LogP contribution in [-0.2, 0) is 13.0 Å². The highest BCUT2D eigenvalue weighted by atomic mass is 35.5. The number of ether oxygens (including phenoxy) is 1. The monoisotopic (exact) mass is 341 g/mol. The van der Waals surface area contributed by atoms with Gasteiger partial charge >= 0.3 is 0 Å². The lowest BCUT2D eigenvalue weighted by Crippen LogP contribution is -2.08. The van der Waals surface area contributed by atoms with Crippen molar-refractivity contribution in [1.82, 2.24) is 15.2 Å². The van der Waals surface area contributed by atoms with Gasteiger partial charge in [0, 0.05) is 23.0 Å². The molecule has 6 heteroatoms. The van der Waals surface area contributed by atoms with E-state index in [1.807, 2.05) is 36.4 Å². The Morgan fingerprint density at radius 3 is 2.75 bits per heavy atom. The van der Waals surface area contributed by atoms with Gasteiger partial charge in [-0.05, 0) is 30.2 Å². The lowest BCUT2D eigenvalue weighted by Gasteiger charge is -2.10. The van der Waals surface area contributed by atoms with Crippen molar-refractivity contribution in [3.63, 3.8) is 0 Å². The molecule has 2 heterocycles. The molecule has 5 nitrogen and oxygen atoms in total. The van der Waals surface area contributed by atoms with E-state index in [9.17, 15) is 4.79 Å². The number of pyridine rings is 1. The number of nitrogens with one attached hydrogen (secondary N) is 1. The Labute approximate surface area is 144 Å². The van der Waals surface area contributed by atoms with Crippen molar-refractivity contribution in [1.29, 1.82) is 0 Å². The Hall–Kier alpha value is -2.66. The van der Waals surface area contributed by atoms with Crippen LogP contribution in [0.25, 0.3) is 11.1 Å². The van der Waals surface area contributed by atoms with Crippen LogP contribution in [0.1, 0.15) is 18.2 Å². The molecule has 3 rings (SSSR count). The number of aromatic amines is 1. The van der Waals surface area contributed by atoms with E-state index >= 15 is 0 Å². The summed E-state index contributed by atoms with van der Waals surface area (Å²) in [6.45, 7) is 2.53. The van der Waals surface area contributed by atoms with Crippen molar-refractivity contribution in [2.75, 3.05) is 0 Å². The fourth-order valence-corrected chi connectivity index (χ4v) is 2.60. The van der Waals surface area contributed by atoms with Gasteiger partial charge in [0.25, 0.3) is 5.56 Å². The van der Waals surface area contributed by atoms with Crippen molar-refractivity contribution >= 4 is 11.6 Å². The number of aryl methyl sites for hydroxylation is 1. The number of rotatable bonds is 5. The van der Waals surface area contributed by atoms with Crippen LogP contribution < -0.4 is 10.3 Å². The maximum absolute atomic E-state index is 11.5. The molecule has 0 aliphatic carbocycles. The smallest absolute Gasteiger partial charge is 0.283 e. The summed E-state index contributed by atoms with van der Waals surface area (Å²) in [7, 11) is 0. The topological polar surface area (TPSA) is 67.9 Å². The molecular formula is C18H16ClN3O2. The van der Waals surface area contributed by atoms with Crippen molar-refractivity contribution in [2.24, 2.45) is 0 Å². The van der Waals surface area contributed by atoms with Gasteiger partial charge in [0.15, 0.2) is 0 Å². The Morgan fingerprint density at radius 1 is 1.21 bits per heavy atom. The molecule has 3 aromatic rings. The summed E-state index contributed by atoms with van der Waals surface area (Å²) >= 11 is 6.02. The summed E-state index contributed by atoms with van der Waals surface area (Å²) in [5.41, 5.74) is 3.11. The number of halogens is 1. The Balaban J connectivity index is 1.75. The number of aromatic nitrogens is 3. The minimum absolute atomic E-state index is 0.126. The molecule has 0 amide bonds. The molecule has 0 spiro atoms. The Kier molecular flexibility index (Phi) is 4.91. The zero-order valence-electron chi connectivity index (χ0n) is 13.1. The van der Waals surface area contributed by atoms with Gasteiger partial charge in [-0.25, -0.2) is 5.10 Å². The van der Waals surface area contributed by atoms with Gasteiger partial charge in [-0.15, -0.1) is 0 Å². The number of H-pyrrole nitrogens is 1. The van der Waals surface area contributed by atoms with Crippen molar-refractivity contribution < 1.29 is 4.74 Å². The molecular weight excluding hydrogens is 326 g/mol. The van der Waals surface area contributed by atoms with Crippen LogP contribution in [-0.4, -0.2) is 15.2 Å². The van der Waals surface area contributed by atoms with Crippen molar-refractivity contribution in [2.45, 2.75) is 20.0 Å². The average Bonchev–Trinajstić information content (AvgIpc) is 2.63. The zero-order valence-corrected chi connectivity index (χ0v) is 13.9. The van der Waals surface area contributed by atoms with Gasteiger partial charge in [-0.2, -0.15) is 5.10 Å². The van der Waals surface area contributed by atoms with E-state index in [1.165, 1.54) is 6.20 Å². The molecule has 0 unspecified atom stereocenters. The standard InChI is InChI=1S/C18H16ClN3O2/c1-2-16-13(4-3-9-20-16)11-24-14-7-5-12(6-8-14)15-10-21-22-18(23)17(15)19/h3-10H,2,11H2,1H3,(H,22,23). The van der Waals surface area contributed by atoms with E-state index in [0.29, 0.717) is 12.2 Å². The normalized spacial score (nSPS) is 10.6. The first-order valence-electron chi connectivity index (χ1n) is 7.58. The van der Waals surface area contributed by atoms with Gasteiger partial charge in [0.05, 0.1) is 6.20 Å². The fourth-order valence-electron chi connectivity index (χ4n) is 2.40. The molecule has 0 fully saturated rings. The highest BCUT2D eigenvalue weighted by Gasteiger charge is 2.08. The summed E-state index contributed by atoms with van der Waals surface area (Å²) in [4.78, 5) is 15.9. The lowest BCUT2D eigenvalue weighted by molar-refractivity contribution is 0.304. The summed E-state index contributed by atoms with van der Waals surface area (Å²) in [6, 6.07) is 11.3. The molecule has 0 saturated carbocycles. The minimum atomic E-state index is -0.404. The summed E-state index contributed by atoms with van der Waals surface area (Å²) in [5.74, 6) is 0.735. The van der Waals surface area contributed by atoms with Crippen LogP contribution in [0.4, 0.5) is 0 Å². The van der Waals surface area contributed by atoms with E-state index in [0.717, 1.165) is 29.0 Å². The molecule has 122 valence electrons. The SMILES string of the molecule is CCc1ncccc1COc1ccc(-c2cn[nH]c(=O)c2Cl)cc1. The number of nitrogens with zero attached hydrogens (tertiary/aromatic N) is 2. The molecule has 0 bridgehead atoms. The first-order chi connectivity index (χ1) is 11.7. The van der Waals surface area contributed by atoms with Crippen LogP contribution in [0.5, 0.6) is 5.75 Å². The van der Waals surface area contributed by atoms with E-state index in [1.54, 1.807) is 6.20 Å². The molecule has 24 heavy (non-hydrogen) atoms. The first-order valence-corrected chi connectivity index (χ1v) is 7.96. The average molecular weight is 342 g/mol. The largest absolute Gasteiger partial charge is 0.489 e.